The van der Waals surface area contributed by atoms with Crippen LogP contribution in [-0.2, 0) is 36.2 Å². The van der Waals surface area contributed by atoms with Crippen molar-refractivity contribution in [3.63, 3.8) is 0 Å². The number of halogens is 1. The summed E-state index contributed by atoms with van der Waals surface area (Å²) in [6, 6.07) is 13.3. The highest BCUT2D eigenvalue weighted by atomic mass is 35.5. The number of hydrogen-bond donors (Lipinski definition) is 1. The van der Waals surface area contributed by atoms with E-state index in [-0.39, 0.29) is 12.8 Å². The molecule has 0 radical (unpaired) electrons. The molecule has 3 aromatic rings. The lowest BCUT2D eigenvalue weighted by atomic mass is 10.0. The Morgan fingerprint density at radius 2 is 1.90 bits per heavy atom. The molecule has 1 atom stereocenters. The van der Waals surface area contributed by atoms with Gasteiger partial charge in [0.1, 0.15) is 6.29 Å². The molecule has 2 N–H and O–H groups in total. The molecule has 2 aromatic carbocycles. The van der Waals surface area contributed by atoms with Crippen LogP contribution in [0.4, 0.5) is 0 Å². The van der Waals surface area contributed by atoms with Gasteiger partial charge in [-0.1, -0.05) is 41.9 Å². The van der Waals surface area contributed by atoms with Crippen LogP contribution in [0.5, 0.6) is 0 Å². The summed E-state index contributed by atoms with van der Waals surface area (Å²) in [6.07, 6.45) is 2.45. The molecular weight excluding hydrogens is 439 g/mol. The lowest BCUT2D eigenvalue weighted by Gasteiger charge is -2.24. The van der Waals surface area contributed by atoms with Crippen molar-refractivity contribution in [2.45, 2.75) is 25.0 Å². The van der Waals surface area contributed by atoms with Crippen LogP contribution in [0.15, 0.2) is 48.7 Å². The standard InChI is InChI=1S/C22H24ClN2O5P/c1-29-31(28,30-2)21(8-9-26)18-11-17-16(10-22(24)27)14-25(20(17)12-19(18)23)13-15-6-4-3-5-7-15/h3-7,9,11-12,14,21H,8,10,13H2,1-2H3,(H2,24,27). The summed E-state index contributed by atoms with van der Waals surface area (Å²) in [5, 5.41) is 1.07. The van der Waals surface area contributed by atoms with Gasteiger partial charge in [0.05, 0.1) is 17.6 Å². The third kappa shape index (κ3) is 4.91. The average molecular weight is 463 g/mol. The zero-order valence-electron chi connectivity index (χ0n) is 17.3. The van der Waals surface area contributed by atoms with E-state index in [4.69, 9.17) is 26.4 Å². The molecule has 164 valence electrons. The molecule has 0 saturated heterocycles. The Labute approximate surface area is 185 Å². The van der Waals surface area contributed by atoms with Crippen molar-refractivity contribution < 1.29 is 23.2 Å². The molecule has 0 saturated carbocycles. The van der Waals surface area contributed by atoms with Crippen molar-refractivity contribution in [2.24, 2.45) is 5.73 Å². The Kier molecular flexibility index (Phi) is 7.34. The fourth-order valence-corrected chi connectivity index (χ4v) is 5.67. The highest BCUT2D eigenvalue weighted by molar-refractivity contribution is 7.54. The lowest BCUT2D eigenvalue weighted by molar-refractivity contribution is -0.117. The Morgan fingerprint density at radius 1 is 1.23 bits per heavy atom. The van der Waals surface area contributed by atoms with Crippen LogP contribution >= 0.6 is 19.2 Å². The Hall–Kier alpha value is -2.44. The Bertz CT molecular complexity index is 1140. The van der Waals surface area contributed by atoms with Gasteiger partial charge in [-0.05, 0) is 28.8 Å². The van der Waals surface area contributed by atoms with Crippen molar-refractivity contribution in [3.8, 4) is 0 Å². The highest BCUT2D eigenvalue weighted by Gasteiger charge is 2.37. The topological polar surface area (TPSA) is 101 Å². The minimum atomic E-state index is -3.64. The Balaban J connectivity index is 2.19. The zero-order valence-corrected chi connectivity index (χ0v) is 18.9. The van der Waals surface area contributed by atoms with Crippen molar-refractivity contribution in [1.82, 2.24) is 4.57 Å². The van der Waals surface area contributed by atoms with Gasteiger partial charge in [-0.15, -0.1) is 0 Å². The first-order valence-corrected chi connectivity index (χ1v) is 11.6. The van der Waals surface area contributed by atoms with E-state index in [1.54, 1.807) is 12.1 Å². The fraction of sp³-hybridized carbons (Fsp3) is 0.273. The van der Waals surface area contributed by atoms with Crippen molar-refractivity contribution in [2.75, 3.05) is 14.2 Å². The van der Waals surface area contributed by atoms with E-state index in [1.807, 2.05) is 41.1 Å². The van der Waals surface area contributed by atoms with Gasteiger partial charge < -0.3 is 24.1 Å². The first-order valence-electron chi connectivity index (χ1n) is 9.61. The summed E-state index contributed by atoms with van der Waals surface area (Å²) >= 11 is 6.59. The van der Waals surface area contributed by atoms with Crippen LogP contribution in [0.2, 0.25) is 5.02 Å². The number of primary amides is 1. The minimum absolute atomic E-state index is 0.0317. The predicted octanol–water partition coefficient (Wildman–Crippen LogP) is 4.49. The molecule has 1 unspecified atom stereocenters. The van der Waals surface area contributed by atoms with Gasteiger partial charge in [-0.3, -0.25) is 9.36 Å². The molecule has 0 bridgehead atoms. The number of nitrogens with zero attached hydrogens (tertiary/aromatic N) is 1. The van der Waals surface area contributed by atoms with Crippen molar-refractivity contribution in [1.29, 1.82) is 0 Å². The van der Waals surface area contributed by atoms with Crippen LogP contribution in [0.1, 0.15) is 28.8 Å². The van der Waals surface area contributed by atoms with E-state index in [0.717, 1.165) is 16.5 Å². The van der Waals surface area contributed by atoms with Gasteiger partial charge in [-0.25, -0.2) is 0 Å². The van der Waals surface area contributed by atoms with Gasteiger partial charge in [-0.2, -0.15) is 0 Å². The molecule has 0 aliphatic rings. The molecule has 0 fully saturated rings. The van der Waals surface area contributed by atoms with E-state index < -0.39 is 19.2 Å². The SMILES string of the molecule is COP(=O)(OC)C(CC=O)c1cc2c(CC(N)=O)cn(Cc3ccccc3)c2cc1Cl. The smallest absolute Gasteiger partial charge is 0.338 e. The van der Waals surface area contributed by atoms with Gasteiger partial charge >= 0.3 is 7.60 Å². The molecule has 0 spiro atoms. The molecule has 31 heavy (non-hydrogen) atoms. The maximum atomic E-state index is 13.1. The number of carbonyl (C=O) groups excluding carboxylic acids is 2. The summed E-state index contributed by atoms with van der Waals surface area (Å²) in [5.41, 5.74) is 7.62. The molecule has 9 heteroatoms. The number of amides is 1. The summed E-state index contributed by atoms with van der Waals surface area (Å²) in [4.78, 5) is 23.0. The van der Waals surface area contributed by atoms with E-state index in [2.05, 4.69) is 0 Å². The summed E-state index contributed by atoms with van der Waals surface area (Å²) < 4.78 is 25.4. The average Bonchev–Trinajstić information content (AvgIpc) is 3.07. The second-order valence-corrected chi connectivity index (χ2v) is 9.97. The third-order valence-electron chi connectivity index (χ3n) is 5.21. The lowest BCUT2D eigenvalue weighted by Crippen LogP contribution is -2.13. The van der Waals surface area contributed by atoms with E-state index in [9.17, 15) is 14.2 Å². The molecular formula is C22H24ClN2O5P. The summed E-state index contributed by atoms with van der Waals surface area (Å²) in [6.45, 7) is 0.568. The highest BCUT2D eigenvalue weighted by Crippen LogP contribution is 2.62. The molecule has 7 nitrogen and oxygen atoms in total. The first-order chi connectivity index (χ1) is 14.8. The normalized spacial score (nSPS) is 12.7. The molecule has 3 rings (SSSR count). The number of fused-ring (bicyclic) bond motifs is 1. The molecule has 0 aliphatic heterocycles. The zero-order chi connectivity index (χ0) is 22.6. The monoisotopic (exact) mass is 462 g/mol. The van der Waals surface area contributed by atoms with Gasteiger partial charge in [0.2, 0.25) is 5.91 Å². The number of nitrogens with two attached hydrogens (primary N) is 1. The quantitative estimate of drug-likeness (QED) is 0.353. The maximum Gasteiger partial charge on any atom is 0.338 e. The largest absolute Gasteiger partial charge is 0.369 e. The van der Waals surface area contributed by atoms with Crippen LogP contribution < -0.4 is 5.73 Å². The van der Waals surface area contributed by atoms with Crippen LogP contribution in [-0.4, -0.2) is 31.0 Å². The van der Waals surface area contributed by atoms with Gasteiger partial charge in [0, 0.05) is 43.8 Å². The van der Waals surface area contributed by atoms with E-state index >= 15 is 0 Å². The number of rotatable bonds is 10. The molecule has 0 aliphatic carbocycles. The second kappa shape index (κ2) is 9.79. The number of carbonyl (C=O) groups is 2. The van der Waals surface area contributed by atoms with Crippen LogP contribution in [0.25, 0.3) is 10.9 Å². The molecule has 1 heterocycles. The van der Waals surface area contributed by atoms with Gasteiger partial charge in [0.25, 0.3) is 0 Å². The second-order valence-electron chi connectivity index (χ2n) is 7.12. The minimum Gasteiger partial charge on any atom is -0.369 e. The predicted molar refractivity (Wildman–Crippen MR) is 120 cm³/mol. The van der Waals surface area contributed by atoms with Gasteiger partial charge in [0.15, 0.2) is 0 Å². The third-order valence-corrected chi connectivity index (χ3v) is 7.81. The summed E-state index contributed by atoms with van der Waals surface area (Å²) in [5.74, 6) is -0.473. The number of aldehydes is 1. The number of aromatic nitrogens is 1. The van der Waals surface area contributed by atoms with Crippen molar-refractivity contribution in [3.05, 3.63) is 70.4 Å². The number of hydrogen-bond acceptors (Lipinski definition) is 5. The van der Waals surface area contributed by atoms with Crippen LogP contribution in [0, 0.1) is 0 Å². The fourth-order valence-electron chi connectivity index (χ4n) is 3.74. The van der Waals surface area contributed by atoms with E-state index in [1.165, 1.54) is 14.2 Å². The van der Waals surface area contributed by atoms with Crippen molar-refractivity contribution >= 4 is 42.3 Å². The van der Waals surface area contributed by atoms with Crippen LogP contribution in [0.3, 0.4) is 0 Å². The Morgan fingerprint density at radius 3 is 2.48 bits per heavy atom. The van der Waals surface area contributed by atoms with E-state index in [0.29, 0.717) is 29.0 Å². The molecule has 1 aromatic heterocycles. The number of benzene rings is 2. The summed E-state index contributed by atoms with van der Waals surface area (Å²) in [7, 11) is -1.10. The molecule has 1 amide bonds. The first kappa shape index (κ1) is 23.2. The maximum absolute atomic E-state index is 13.1.